The normalized spacial score (nSPS) is 12.3. The number of unbranched alkanes of at least 4 members (excludes halogenated alkanes) is 1. The molecule has 0 aliphatic carbocycles. The summed E-state index contributed by atoms with van der Waals surface area (Å²) in [5.41, 5.74) is 7.08. The van der Waals surface area contributed by atoms with Gasteiger partial charge in [-0.3, -0.25) is 0 Å². The fourth-order valence-corrected chi connectivity index (χ4v) is 2.12. The largest absolute Gasteiger partial charge is 0.495 e. The van der Waals surface area contributed by atoms with Crippen LogP contribution >= 0.6 is 11.6 Å². The average molecular weight is 258 g/mol. The molecule has 0 spiro atoms. The minimum atomic E-state index is -0.0479. The first-order chi connectivity index (χ1) is 8.15. The topological polar surface area (TPSA) is 44.5 Å². The van der Waals surface area contributed by atoms with Crippen molar-refractivity contribution in [2.45, 2.75) is 32.2 Å². The molecule has 2 N–H and O–H groups in total. The van der Waals surface area contributed by atoms with Gasteiger partial charge in [0, 0.05) is 11.6 Å². The highest BCUT2D eigenvalue weighted by Crippen LogP contribution is 2.39. The van der Waals surface area contributed by atoms with Crippen LogP contribution in [0, 0.1) is 0 Å². The molecule has 0 saturated heterocycles. The third-order valence-corrected chi connectivity index (χ3v) is 3.14. The highest BCUT2D eigenvalue weighted by atomic mass is 35.5. The van der Waals surface area contributed by atoms with Crippen LogP contribution in [0.5, 0.6) is 11.5 Å². The number of ether oxygens (including phenoxy) is 2. The third-order valence-electron chi connectivity index (χ3n) is 2.78. The van der Waals surface area contributed by atoms with Crippen LogP contribution in [-0.4, -0.2) is 14.2 Å². The molecule has 0 bridgehead atoms. The minimum absolute atomic E-state index is 0.0479. The summed E-state index contributed by atoms with van der Waals surface area (Å²) in [7, 11) is 3.17. The molecule has 1 unspecified atom stereocenters. The van der Waals surface area contributed by atoms with Crippen molar-refractivity contribution in [1.82, 2.24) is 0 Å². The highest BCUT2D eigenvalue weighted by molar-refractivity contribution is 6.33. The monoisotopic (exact) mass is 257 g/mol. The van der Waals surface area contributed by atoms with Crippen molar-refractivity contribution in [3.8, 4) is 11.5 Å². The molecule has 4 heteroatoms. The molecule has 0 amide bonds. The van der Waals surface area contributed by atoms with E-state index >= 15 is 0 Å². The van der Waals surface area contributed by atoms with Crippen molar-refractivity contribution >= 4 is 11.6 Å². The quantitative estimate of drug-likeness (QED) is 0.848. The molecule has 0 radical (unpaired) electrons. The van der Waals surface area contributed by atoms with Crippen LogP contribution in [0.2, 0.25) is 5.02 Å². The second-order valence-corrected chi connectivity index (χ2v) is 4.33. The Labute approximate surface area is 108 Å². The summed E-state index contributed by atoms with van der Waals surface area (Å²) in [4.78, 5) is 0. The van der Waals surface area contributed by atoms with Crippen molar-refractivity contribution in [2.75, 3.05) is 14.2 Å². The van der Waals surface area contributed by atoms with Crippen molar-refractivity contribution in [3.05, 3.63) is 22.7 Å². The first kappa shape index (κ1) is 14.1. The summed E-state index contributed by atoms with van der Waals surface area (Å²) >= 11 is 6.19. The Balaban J connectivity index is 3.03. The summed E-state index contributed by atoms with van der Waals surface area (Å²) in [6.07, 6.45) is 3.14. The number of hydrogen-bond donors (Lipinski definition) is 1. The van der Waals surface area contributed by atoms with Gasteiger partial charge < -0.3 is 15.2 Å². The zero-order chi connectivity index (χ0) is 12.8. The number of hydrogen-bond acceptors (Lipinski definition) is 3. The smallest absolute Gasteiger partial charge is 0.146 e. The van der Waals surface area contributed by atoms with E-state index in [9.17, 15) is 0 Å². The Morgan fingerprint density at radius 3 is 2.53 bits per heavy atom. The molecule has 0 fully saturated rings. The lowest BCUT2D eigenvalue weighted by Gasteiger charge is -2.18. The van der Waals surface area contributed by atoms with E-state index in [2.05, 4.69) is 6.92 Å². The van der Waals surface area contributed by atoms with Crippen molar-refractivity contribution in [1.29, 1.82) is 0 Å². The predicted molar refractivity (Wildman–Crippen MR) is 71.0 cm³/mol. The molecular formula is C13H20ClNO2. The van der Waals surface area contributed by atoms with Gasteiger partial charge in [0.25, 0.3) is 0 Å². The van der Waals surface area contributed by atoms with Crippen LogP contribution in [-0.2, 0) is 0 Å². The Kier molecular flexibility index (Phi) is 5.59. The zero-order valence-corrected chi connectivity index (χ0v) is 11.4. The molecule has 0 aromatic heterocycles. The molecule has 3 nitrogen and oxygen atoms in total. The van der Waals surface area contributed by atoms with Crippen LogP contribution < -0.4 is 15.2 Å². The maximum absolute atomic E-state index is 6.19. The lowest BCUT2D eigenvalue weighted by atomic mass is 10.0. The summed E-state index contributed by atoms with van der Waals surface area (Å²) in [5, 5.41) is 0.486. The maximum Gasteiger partial charge on any atom is 0.146 e. The van der Waals surface area contributed by atoms with E-state index in [0.717, 1.165) is 24.8 Å². The van der Waals surface area contributed by atoms with Crippen LogP contribution in [0.3, 0.4) is 0 Å². The minimum Gasteiger partial charge on any atom is -0.495 e. The number of rotatable bonds is 6. The number of halogens is 1. The predicted octanol–water partition coefficient (Wildman–Crippen LogP) is 3.55. The zero-order valence-electron chi connectivity index (χ0n) is 10.6. The second kappa shape index (κ2) is 6.72. The molecule has 1 atom stereocenters. The van der Waals surface area contributed by atoms with Gasteiger partial charge in [0.2, 0.25) is 0 Å². The van der Waals surface area contributed by atoms with E-state index in [0.29, 0.717) is 16.5 Å². The first-order valence-corrected chi connectivity index (χ1v) is 6.19. The van der Waals surface area contributed by atoms with E-state index in [1.54, 1.807) is 14.2 Å². The van der Waals surface area contributed by atoms with E-state index in [1.165, 1.54) is 0 Å². The molecule has 1 aromatic carbocycles. The van der Waals surface area contributed by atoms with E-state index < -0.39 is 0 Å². The summed E-state index contributed by atoms with van der Waals surface area (Å²) in [5.74, 6) is 1.23. The number of nitrogens with two attached hydrogens (primary N) is 1. The Morgan fingerprint density at radius 1 is 1.29 bits per heavy atom. The number of methoxy groups -OCH3 is 2. The van der Waals surface area contributed by atoms with Crippen molar-refractivity contribution < 1.29 is 9.47 Å². The van der Waals surface area contributed by atoms with Crippen LogP contribution in [0.1, 0.15) is 37.8 Å². The highest BCUT2D eigenvalue weighted by Gasteiger charge is 2.17. The van der Waals surface area contributed by atoms with Gasteiger partial charge in [0.15, 0.2) is 0 Å². The van der Waals surface area contributed by atoms with Crippen LogP contribution in [0.4, 0.5) is 0 Å². The van der Waals surface area contributed by atoms with E-state index in [-0.39, 0.29) is 6.04 Å². The molecule has 96 valence electrons. The lowest BCUT2D eigenvalue weighted by molar-refractivity contribution is 0.387. The molecule has 0 aliphatic heterocycles. The molecule has 0 heterocycles. The molecular weight excluding hydrogens is 238 g/mol. The summed E-state index contributed by atoms with van der Waals surface area (Å²) in [6.45, 7) is 2.14. The van der Waals surface area contributed by atoms with Gasteiger partial charge in [0.05, 0.1) is 14.2 Å². The van der Waals surface area contributed by atoms with E-state index in [4.69, 9.17) is 26.8 Å². The van der Waals surface area contributed by atoms with Gasteiger partial charge >= 0.3 is 0 Å². The molecule has 1 rings (SSSR count). The van der Waals surface area contributed by atoms with Gasteiger partial charge in [0.1, 0.15) is 16.5 Å². The lowest BCUT2D eigenvalue weighted by Crippen LogP contribution is -2.11. The Hall–Kier alpha value is -0.930. The third kappa shape index (κ3) is 3.27. The first-order valence-electron chi connectivity index (χ1n) is 5.81. The fraction of sp³-hybridized carbons (Fsp3) is 0.538. The molecule has 0 saturated carbocycles. The van der Waals surface area contributed by atoms with Crippen LogP contribution in [0.25, 0.3) is 0 Å². The van der Waals surface area contributed by atoms with Crippen molar-refractivity contribution in [3.63, 3.8) is 0 Å². The van der Waals surface area contributed by atoms with Crippen molar-refractivity contribution in [2.24, 2.45) is 5.73 Å². The fourth-order valence-electron chi connectivity index (χ4n) is 1.79. The Bertz CT molecular complexity index is 369. The number of benzene rings is 1. The average Bonchev–Trinajstić information content (AvgIpc) is 2.35. The summed E-state index contributed by atoms with van der Waals surface area (Å²) in [6, 6.07) is 3.70. The van der Waals surface area contributed by atoms with Crippen LogP contribution in [0.15, 0.2) is 12.1 Å². The maximum atomic E-state index is 6.19. The summed E-state index contributed by atoms with van der Waals surface area (Å²) < 4.78 is 10.5. The SMILES string of the molecule is CCCCC(N)c1ccc(OC)c(Cl)c1OC. The molecule has 0 aliphatic rings. The standard InChI is InChI=1S/C13H20ClNO2/c1-4-5-6-10(15)9-7-8-11(16-2)12(14)13(9)17-3/h7-8,10H,4-6,15H2,1-3H3. The van der Waals surface area contributed by atoms with Gasteiger partial charge in [-0.25, -0.2) is 0 Å². The Morgan fingerprint density at radius 2 is 2.00 bits per heavy atom. The second-order valence-electron chi connectivity index (χ2n) is 3.95. The van der Waals surface area contributed by atoms with E-state index in [1.807, 2.05) is 12.1 Å². The van der Waals surface area contributed by atoms with Gasteiger partial charge in [-0.05, 0) is 18.6 Å². The molecule has 17 heavy (non-hydrogen) atoms. The van der Waals surface area contributed by atoms with Gasteiger partial charge in [-0.1, -0.05) is 31.4 Å². The van der Waals surface area contributed by atoms with Gasteiger partial charge in [-0.2, -0.15) is 0 Å². The molecule has 1 aromatic rings. The van der Waals surface area contributed by atoms with Gasteiger partial charge in [-0.15, -0.1) is 0 Å².